The number of hydrogen-bond acceptors (Lipinski definition) is 4. The second-order valence-electron chi connectivity index (χ2n) is 5.44. The van der Waals surface area contributed by atoms with Crippen molar-refractivity contribution < 1.29 is 0 Å². The fourth-order valence-corrected chi connectivity index (χ4v) is 2.45. The fraction of sp³-hybridized carbons (Fsp3) is 0.312. The zero-order chi connectivity index (χ0) is 14.8. The van der Waals surface area contributed by atoms with Gasteiger partial charge in [0.05, 0.1) is 28.6 Å². The van der Waals surface area contributed by atoms with E-state index in [4.69, 9.17) is 4.98 Å². The summed E-state index contributed by atoms with van der Waals surface area (Å²) in [6.07, 6.45) is 3.94. The lowest BCUT2D eigenvalue weighted by molar-refractivity contribution is 0.314. The van der Waals surface area contributed by atoms with Gasteiger partial charge in [-0.2, -0.15) is 5.10 Å². The van der Waals surface area contributed by atoms with Gasteiger partial charge >= 0.3 is 0 Å². The van der Waals surface area contributed by atoms with Gasteiger partial charge in [0.2, 0.25) is 0 Å². The quantitative estimate of drug-likeness (QED) is 0.736. The molecule has 108 valence electrons. The van der Waals surface area contributed by atoms with Crippen LogP contribution in [0.15, 0.2) is 36.7 Å². The minimum Gasteiger partial charge on any atom is -0.296 e. The van der Waals surface area contributed by atoms with Crippen LogP contribution in [-0.4, -0.2) is 31.7 Å². The molecule has 21 heavy (non-hydrogen) atoms. The Morgan fingerprint density at radius 1 is 1.10 bits per heavy atom. The monoisotopic (exact) mass is 281 g/mol. The van der Waals surface area contributed by atoms with E-state index >= 15 is 0 Å². The van der Waals surface area contributed by atoms with E-state index in [2.05, 4.69) is 22.0 Å². The van der Waals surface area contributed by atoms with Crippen molar-refractivity contribution in [3.05, 3.63) is 53.6 Å². The molecule has 2 heterocycles. The van der Waals surface area contributed by atoms with Gasteiger partial charge in [0.15, 0.2) is 0 Å². The smallest absolute Gasteiger partial charge is 0.0890 e. The Hall–Kier alpha value is -2.27. The van der Waals surface area contributed by atoms with Gasteiger partial charge in [-0.25, -0.2) is 9.97 Å². The van der Waals surface area contributed by atoms with Gasteiger partial charge in [0, 0.05) is 31.9 Å². The second-order valence-corrected chi connectivity index (χ2v) is 5.44. The van der Waals surface area contributed by atoms with Crippen molar-refractivity contribution in [2.24, 2.45) is 7.05 Å². The van der Waals surface area contributed by atoms with E-state index in [0.29, 0.717) is 0 Å². The normalized spacial score (nSPS) is 11.4. The van der Waals surface area contributed by atoms with Crippen LogP contribution in [0.5, 0.6) is 0 Å². The maximum absolute atomic E-state index is 4.74. The van der Waals surface area contributed by atoms with Crippen LogP contribution >= 0.6 is 0 Å². The molecule has 0 aliphatic rings. The number of para-hydroxylation sites is 2. The van der Waals surface area contributed by atoms with Crippen LogP contribution in [0.4, 0.5) is 0 Å². The maximum Gasteiger partial charge on any atom is 0.0890 e. The van der Waals surface area contributed by atoms with Crippen molar-refractivity contribution >= 4 is 11.0 Å². The maximum atomic E-state index is 4.74. The lowest BCUT2D eigenvalue weighted by Gasteiger charge is -2.16. The number of fused-ring (bicyclic) bond motifs is 1. The minimum absolute atomic E-state index is 0.776. The second kappa shape index (κ2) is 5.61. The molecule has 3 rings (SSSR count). The molecule has 5 heteroatoms. The van der Waals surface area contributed by atoms with Gasteiger partial charge in [0.25, 0.3) is 0 Å². The molecular weight excluding hydrogens is 262 g/mol. The average molecular weight is 281 g/mol. The van der Waals surface area contributed by atoms with E-state index in [-0.39, 0.29) is 0 Å². The van der Waals surface area contributed by atoms with Crippen molar-refractivity contribution in [2.45, 2.75) is 20.0 Å². The SMILES string of the molecule is Cc1nc2ccccc2nc1CN(C)Cc1cnn(C)c1. The number of rotatable bonds is 4. The highest BCUT2D eigenvalue weighted by atomic mass is 15.2. The molecule has 0 fully saturated rings. The first-order valence-corrected chi connectivity index (χ1v) is 7.00. The topological polar surface area (TPSA) is 46.8 Å². The molecule has 1 aromatic carbocycles. The Morgan fingerprint density at radius 2 is 1.81 bits per heavy atom. The third-order valence-corrected chi connectivity index (χ3v) is 3.47. The molecule has 0 bridgehead atoms. The zero-order valence-corrected chi connectivity index (χ0v) is 12.6. The van der Waals surface area contributed by atoms with Crippen LogP contribution in [0.25, 0.3) is 11.0 Å². The van der Waals surface area contributed by atoms with E-state index in [1.807, 2.05) is 55.3 Å². The molecule has 0 saturated heterocycles. The molecule has 0 saturated carbocycles. The molecular formula is C16H19N5. The average Bonchev–Trinajstić information content (AvgIpc) is 2.85. The molecule has 0 N–H and O–H groups in total. The van der Waals surface area contributed by atoms with Gasteiger partial charge in [-0.3, -0.25) is 9.58 Å². The largest absolute Gasteiger partial charge is 0.296 e. The molecule has 0 aliphatic carbocycles. The first-order chi connectivity index (χ1) is 10.1. The van der Waals surface area contributed by atoms with Crippen LogP contribution < -0.4 is 0 Å². The Labute approximate surface area is 124 Å². The summed E-state index contributed by atoms with van der Waals surface area (Å²) in [5.74, 6) is 0. The van der Waals surface area contributed by atoms with Gasteiger partial charge in [-0.05, 0) is 26.1 Å². The molecule has 0 radical (unpaired) electrons. The summed E-state index contributed by atoms with van der Waals surface area (Å²) in [4.78, 5) is 11.6. The van der Waals surface area contributed by atoms with E-state index in [9.17, 15) is 0 Å². The lowest BCUT2D eigenvalue weighted by Crippen LogP contribution is -2.19. The number of benzene rings is 1. The number of nitrogens with zero attached hydrogens (tertiary/aromatic N) is 5. The summed E-state index contributed by atoms with van der Waals surface area (Å²) >= 11 is 0. The van der Waals surface area contributed by atoms with E-state index < -0.39 is 0 Å². The Bertz CT molecular complexity index is 762. The van der Waals surface area contributed by atoms with Gasteiger partial charge in [0.1, 0.15) is 0 Å². The zero-order valence-electron chi connectivity index (χ0n) is 12.6. The summed E-state index contributed by atoms with van der Waals surface area (Å²) in [7, 11) is 4.02. The van der Waals surface area contributed by atoms with Gasteiger partial charge in [-0.15, -0.1) is 0 Å². The summed E-state index contributed by atoms with van der Waals surface area (Å²) in [6, 6.07) is 7.99. The highest BCUT2D eigenvalue weighted by Crippen LogP contribution is 2.14. The Morgan fingerprint density at radius 3 is 2.48 bits per heavy atom. The predicted molar refractivity (Wildman–Crippen MR) is 82.7 cm³/mol. The molecule has 0 unspecified atom stereocenters. The van der Waals surface area contributed by atoms with Crippen molar-refractivity contribution in [1.29, 1.82) is 0 Å². The first kappa shape index (κ1) is 13.7. The van der Waals surface area contributed by atoms with E-state index in [1.54, 1.807) is 0 Å². The Balaban J connectivity index is 1.79. The number of aromatic nitrogens is 4. The lowest BCUT2D eigenvalue weighted by atomic mass is 10.2. The number of aryl methyl sites for hydroxylation is 2. The summed E-state index contributed by atoms with van der Waals surface area (Å²) in [5.41, 5.74) is 5.12. The van der Waals surface area contributed by atoms with E-state index in [0.717, 1.165) is 35.5 Å². The van der Waals surface area contributed by atoms with Crippen LogP contribution in [0.2, 0.25) is 0 Å². The molecule has 0 aliphatic heterocycles. The van der Waals surface area contributed by atoms with Crippen molar-refractivity contribution in [1.82, 2.24) is 24.6 Å². The molecule has 0 spiro atoms. The molecule has 5 nitrogen and oxygen atoms in total. The number of hydrogen-bond donors (Lipinski definition) is 0. The first-order valence-electron chi connectivity index (χ1n) is 7.00. The highest BCUT2D eigenvalue weighted by Gasteiger charge is 2.09. The molecule has 3 aromatic rings. The standard InChI is InChI=1S/C16H19N5/c1-12-16(19-15-7-5-4-6-14(15)18-12)11-20(2)9-13-8-17-21(3)10-13/h4-8,10H,9,11H2,1-3H3. The van der Waals surface area contributed by atoms with Crippen LogP contribution in [0.3, 0.4) is 0 Å². The van der Waals surface area contributed by atoms with Crippen molar-refractivity contribution in [3.8, 4) is 0 Å². The van der Waals surface area contributed by atoms with Crippen LogP contribution in [-0.2, 0) is 20.1 Å². The van der Waals surface area contributed by atoms with Crippen molar-refractivity contribution in [3.63, 3.8) is 0 Å². The summed E-state index contributed by atoms with van der Waals surface area (Å²) in [6.45, 7) is 3.65. The predicted octanol–water partition coefficient (Wildman–Crippen LogP) is 2.30. The van der Waals surface area contributed by atoms with Gasteiger partial charge in [-0.1, -0.05) is 12.1 Å². The van der Waals surface area contributed by atoms with Crippen molar-refractivity contribution in [2.75, 3.05) is 7.05 Å². The van der Waals surface area contributed by atoms with Crippen LogP contribution in [0.1, 0.15) is 17.0 Å². The minimum atomic E-state index is 0.776. The third kappa shape index (κ3) is 3.08. The highest BCUT2D eigenvalue weighted by molar-refractivity contribution is 5.74. The molecule has 2 aromatic heterocycles. The summed E-state index contributed by atoms with van der Waals surface area (Å²) < 4.78 is 1.82. The van der Waals surface area contributed by atoms with E-state index in [1.165, 1.54) is 5.56 Å². The summed E-state index contributed by atoms with van der Waals surface area (Å²) in [5, 5.41) is 4.20. The molecule has 0 atom stereocenters. The Kier molecular flexibility index (Phi) is 3.66. The third-order valence-electron chi connectivity index (χ3n) is 3.47. The van der Waals surface area contributed by atoms with Gasteiger partial charge < -0.3 is 0 Å². The molecule has 0 amide bonds. The van der Waals surface area contributed by atoms with Crippen LogP contribution in [0, 0.1) is 6.92 Å². The fourth-order valence-electron chi connectivity index (χ4n) is 2.45.